The van der Waals surface area contributed by atoms with E-state index in [1.54, 1.807) is 37.3 Å². The average molecular weight is 456 g/mol. The van der Waals surface area contributed by atoms with E-state index in [1.807, 2.05) is 42.5 Å². The molecule has 0 aliphatic rings. The molecule has 0 fully saturated rings. The van der Waals surface area contributed by atoms with Crippen molar-refractivity contribution in [3.05, 3.63) is 108 Å². The Bertz CT molecular complexity index is 1350. The minimum Gasteiger partial charge on any atom is -0.481 e. The first-order valence-corrected chi connectivity index (χ1v) is 10.5. The van der Waals surface area contributed by atoms with Gasteiger partial charge in [0.05, 0.1) is 11.8 Å². The number of carbonyl (C=O) groups excluding carboxylic acids is 2. The maximum atomic E-state index is 13.7. The Balaban J connectivity index is 1.29. The Labute approximate surface area is 195 Å². The minimum absolute atomic E-state index is 0.143. The van der Waals surface area contributed by atoms with Crippen LogP contribution >= 0.6 is 0 Å². The molecule has 34 heavy (non-hydrogen) atoms. The number of fused-ring (bicyclic) bond motifs is 1. The topological polar surface area (TPSA) is 77.0 Å². The third-order valence-electron chi connectivity index (χ3n) is 4.98. The summed E-state index contributed by atoms with van der Waals surface area (Å²) in [4.78, 5) is 24.4. The lowest BCUT2D eigenvalue weighted by Crippen LogP contribution is -2.33. The van der Waals surface area contributed by atoms with Gasteiger partial charge in [-0.1, -0.05) is 42.5 Å². The molecule has 6 nitrogen and oxygen atoms in total. The smallest absolute Gasteiger partial charge is 0.346 e. The molecule has 0 radical (unpaired) electrons. The molecule has 4 aromatic carbocycles. The van der Waals surface area contributed by atoms with Crippen LogP contribution in [0.25, 0.3) is 10.8 Å². The maximum Gasteiger partial charge on any atom is 0.346 e. The number of hydrogen-bond acceptors (Lipinski definition) is 5. The zero-order valence-corrected chi connectivity index (χ0v) is 18.3. The molecular formula is C27H21FN2O4. The number of ether oxygens (including phenoxy) is 2. The molecule has 0 spiro atoms. The quantitative estimate of drug-likeness (QED) is 0.181. The van der Waals surface area contributed by atoms with Crippen LogP contribution in [0, 0.1) is 5.82 Å². The van der Waals surface area contributed by atoms with Crippen molar-refractivity contribution in [2.75, 3.05) is 0 Å². The highest BCUT2D eigenvalue weighted by molar-refractivity contribution is 5.91. The summed E-state index contributed by atoms with van der Waals surface area (Å²) in [6, 6.07) is 25.5. The van der Waals surface area contributed by atoms with E-state index in [9.17, 15) is 14.0 Å². The van der Waals surface area contributed by atoms with Gasteiger partial charge < -0.3 is 9.47 Å². The summed E-state index contributed by atoms with van der Waals surface area (Å²) in [5.74, 6) is -0.990. The van der Waals surface area contributed by atoms with E-state index in [1.165, 1.54) is 24.4 Å². The van der Waals surface area contributed by atoms with Gasteiger partial charge >= 0.3 is 5.97 Å². The van der Waals surface area contributed by atoms with Crippen molar-refractivity contribution < 1.29 is 23.5 Å². The summed E-state index contributed by atoms with van der Waals surface area (Å²) in [7, 11) is 0. The largest absolute Gasteiger partial charge is 0.481 e. The van der Waals surface area contributed by atoms with Crippen molar-refractivity contribution in [2.24, 2.45) is 5.10 Å². The molecule has 1 N–H and O–H groups in total. The Hall–Kier alpha value is -4.52. The van der Waals surface area contributed by atoms with E-state index < -0.39 is 23.8 Å². The summed E-state index contributed by atoms with van der Waals surface area (Å²) in [5.41, 5.74) is 2.96. The third kappa shape index (κ3) is 5.63. The maximum absolute atomic E-state index is 13.7. The molecule has 1 atom stereocenters. The lowest BCUT2D eigenvalue weighted by atomic mass is 10.1. The monoisotopic (exact) mass is 456 g/mol. The average Bonchev–Trinajstić information content (AvgIpc) is 2.85. The molecule has 0 saturated carbocycles. The predicted molar refractivity (Wildman–Crippen MR) is 128 cm³/mol. The standard InChI is InChI=1S/C27H21FN2O4/c1-18(33-23-15-12-20-6-2-3-7-21(20)16-23)26(31)30-29-17-19-10-13-22(14-11-19)34-27(32)24-8-4-5-9-25(24)28/h2-18H,1H3,(H,30,31). The van der Waals surface area contributed by atoms with Crippen molar-refractivity contribution in [3.63, 3.8) is 0 Å². The second-order valence-corrected chi connectivity index (χ2v) is 7.44. The van der Waals surface area contributed by atoms with Crippen molar-refractivity contribution in [1.29, 1.82) is 0 Å². The van der Waals surface area contributed by atoms with Crippen molar-refractivity contribution in [1.82, 2.24) is 5.43 Å². The highest BCUT2D eigenvalue weighted by Crippen LogP contribution is 2.21. The summed E-state index contributed by atoms with van der Waals surface area (Å²) in [6.45, 7) is 1.64. The molecule has 0 heterocycles. The molecule has 0 aromatic heterocycles. The van der Waals surface area contributed by atoms with E-state index in [0.29, 0.717) is 11.3 Å². The number of nitrogens with zero attached hydrogens (tertiary/aromatic N) is 1. The molecule has 4 aromatic rings. The van der Waals surface area contributed by atoms with Gasteiger partial charge in [-0.15, -0.1) is 0 Å². The molecule has 1 unspecified atom stereocenters. The molecule has 4 rings (SSSR count). The molecule has 0 aliphatic carbocycles. The Morgan fingerprint density at radius 1 is 0.882 bits per heavy atom. The molecule has 7 heteroatoms. The Kier molecular flexibility index (Phi) is 6.93. The third-order valence-corrected chi connectivity index (χ3v) is 4.98. The second-order valence-electron chi connectivity index (χ2n) is 7.44. The van der Waals surface area contributed by atoms with E-state index in [0.717, 1.165) is 10.8 Å². The number of amides is 1. The van der Waals surface area contributed by atoms with Gasteiger partial charge in [-0.2, -0.15) is 5.10 Å². The van der Waals surface area contributed by atoms with Gasteiger partial charge in [-0.05, 0) is 71.8 Å². The lowest BCUT2D eigenvalue weighted by molar-refractivity contribution is -0.127. The minimum atomic E-state index is -0.785. The summed E-state index contributed by atoms with van der Waals surface area (Å²) < 4.78 is 24.6. The summed E-state index contributed by atoms with van der Waals surface area (Å²) >= 11 is 0. The van der Waals surface area contributed by atoms with E-state index in [4.69, 9.17) is 9.47 Å². The number of benzene rings is 4. The van der Waals surface area contributed by atoms with Gasteiger partial charge in [0.2, 0.25) is 0 Å². The van der Waals surface area contributed by atoms with Crippen molar-refractivity contribution >= 4 is 28.9 Å². The van der Waals surface area contributed by atoms with Gasteiger partial charge in [-0.25, -0.2) is 14.6 Å². The van der Waals surface area contributed by atoms with Crippen molar-refractivity contribution in [2.45, 2.75) is 13.0 Å². The number of nitrogens with one attached hydrogen (secondary N) is 1. The SMILES string of the molecule is CC(Oc1ccc2ccccc2c1)C(=O)NN=Cc1ccc(OC(=O)c2ccccc2F)cc1. The van der Waals surface area contributed by atoms with Crippen LogP contribution < -0.4 is 14.9 Å². The van der Waals surface area contributed by atoms with Crippen LogP contribution in [0.3, 0.4) is 0 Å². The van der Waals surface area contributed by atoms with Crippen LogP contribution in [0.4, 0.5) is 4.39 Å². The van der Waals surface area contributed by atoms with Crippen LogP contribution in [0.2, 0.25) is 0 Å². The van der Waals surface area contributed by atoms with Crippen LogP contribution in [0.5, 0.6) is 11.5 Å². The van der Waals surface area contributed by atoms with Gasteiger partial charge in [0, 0.05) is 0 Å². The highest BCUT2D eigenvalue weighted by atomic mass is 19.1. The first-order chi connectivity index (χ1) is 16.5. The van der Waals surface area contributed by atoms with Gasteiger partial charge in [0.15, 0.2) is 6.10 Å². The first-order valence-electron chi connectivity index (χ1n) is 10.5. The molecule has 0 saturated heterocycles. The van der Waals surface area contributed by atoms with E-state index in [-0.39, 0.29) is 11.3 Å². The van der Waals surface area contributed by atoms with Crippen LogP contribution in [-0.2, 0) is 4.79 Å². The molecule has 1 amide bonds. The lowest BCUT2D eigenvalue weighted by Gasteiger charge is -2.13. The van der Waals surface area contributed by atoms with Gasteiger partial charge in [-0.3, -0.25) is 4.79 Å². The zero-order chi connectivity index (χ0) is 23.9. The van der Waals surface area contributed by atoms with Crippen molar-refractivity contribution in [3.8, 4) is 11.5 Å². The Morgan fingerprint density at radius 3 is 2.32 bits per heavy atom. The number of rotatable bonds is 7. The molecule has 0 aliphatic heterocycles. The van der Waals surface area contributed by atoms with Crippen LogP contribution in [0.15, 0.2) is 96.1 Å². The zero-order valence-electron chi connectivity index (χ0n) is 18.3. The van der Waals surface area contributed by atoms with Crippen LogP contribution in [0.1, 0.15) is 22.8 Å². The van der Waals surface area contributed by atoms with Gasteiger partial charge in [0.1, 0.15) is 17.3 Å². The fraction of sp³-hybridized carbons (Fsp3) is 0.0741. The summed E-state index contributed by atoms with van der Waals surface area (Å²) in [5, 5.41) is 6.05. The predicted octanol–water partition coefficient (Wildman–Crippen LogP) is 5.12. The molecule has 0 bridgehead atoms. The number of carbonyl (C=O) groups is 2. The molecule has 170 valence electrons. The van der Waals surface area contributed by atoms with E-state index >= 15 is 0 Å². The normalized spacial score (nSPS) is 11.8. The number of hydrazone groups is 1. The fourth-order valence-electron chi connectivity index (χ4n) is 3.17. The van der Waals surface area contributed by atoms with Crippen LogP contribution in [-0.4, -0.2) is 24.2 Å². The number of esters is 1. The molecular weight excluding hydrogens is 435 g/mol. The fourth-order valence-corrected chi connectivity index (χ4v) is 3.17. The first kappa shape index (κ1) is 22.7. The number of halogens is 1. The number of hydrogen-bond donors (Lipinski definition) is 1. The Morgan fingerprint density at radius 2 is 1.56 bits per heavy atom. The highest BCUT2D eigenvalue weighted by Gasteiger charge is 2.15. The van der Waals surface area contributed by atoms with Gasteiger partial charge in [0.25, 0.3) is 5.91 Å². The summed E-state index contributed by atoms with van der Waals surface area (Å²) in [6.07, 6.45) is 0.696. The van der Waals surface area contributed by atoms with E-state index in [2.05, 4.69) is 10.5 Å². The second kappa shape index (κ2) is 10.4.